The van der Waals surface area contributed by atoms with Crippen LogP contribution in [0.2, 0.25) is 0 Å². The molecule has 0 fully saturated rings. The minimum atomic E-state index is -0.280. The number of rotatable bonds is 3. The number of hydrogen-bond acceptors (Lipinski definition) is 4. The van der Waals surface area contributed by atoms with Crippen molar-refractivity contribution in [2.24, 2.45) is 5.73 Å². The molecule has 1 heterocycles. The second kappa shape index (κ2) is 4.30. The Morgan fingerprint density at radius 1 is 1.24 bits per heavy atom. The summed E-state index contributed by atoms with van der Waals surface area (Å²) in [7, 11) is 0. The lowest BCUT2D eigenvalue weighted by atomic mass is 9.84. The van der Waals surface area contributed by atoms with Gasteiger partial charge in [0.05, 0.1) is 11.5 Å². The van der Waals surface area contributed by atoms with Gasteiger partial charge in [0.15, 0.2) is 5.82 Å². The van der Waals surface area contributed by atoms with Gasteiger partial charge in [-0.05, 0) is 26.3 Å². The molecule has 0 radical (unpaired) electrons. The van der Waals surface area contributed by atoms with E-state index in [4.69, 9.17) is 10.3 Å². The summed E-state index contributed by atoms with van der Waals surface area (Å²) in [5, 5.41) is 4.02. The van der Waals surface area contributed by atoms with Crippen molar-refractivity contribution in [1.82, 2.24) is 10.1 Å². The van der Waals surface area contributed by atoms with Gasteiger partial charge in [-0.15, -0.1) is 0 Å². The lowest BCUT2D eigenvalue weighted by Gasteiger charge is -2.20. The topological polar surface area (TPSA) is 64.9 Å². The van der Waals surface area contributed by atoms with Gasteiger partial charge in [0.25, 0.3) is 0 Å². The van der Waals surface area contributed by atoms with Gasteiger partial charge in [-0.3, -0.25) is 0 Å². The maximum atomic E-state index is 5.71. The van der Waals surface area contributed by atoms with E-state index in [-0.39, 0.29) is 11.5 Å². The van der Waals surface area contributed by atoms with Crippen LogP contribution in [0.5, 0.6) is 0 Å². The molecule has 0 aliphatic heterocycles. The number of nitrogens with two attached hydrogens (primary N) is 1. The summed E-state index contributed by atoms with van der Waals surface area (Å²) in [6.45, 7) is 5.96. The molecule has 90 valence electrons. The van der Waals surface area contributed by atoms with Crippen molar-refractivity contribution in [1.29, 1.82) is 0 Å². The summed E-state index contributed by atoms with van der Waals surface area (Å²) >= 11 is 0. The number of nitrogens with zero attached hydrogens (tertiary/aromatic N) is 2. The van der Waals surface area contributed by atoms with Crippen molar-refractivity contribution in [3.05, 3.63) is 47.6 Å². The normalized spacial score (nSPS) is 13.6. The number of aromatic nitrogens is 2. The summed E-state index contributed by atoms with van der Waals surface area (Å²) < 4.78 is 5.15. The van der Waals surface area contributed by atoms with E-state index in [0.29, 0.717) is 11.7 Å². The van der Waals surface area contributed by atoms with Crippen molar-refractivity contribution in [2.75, 3.05) is 0 Å². The third kappa shape index (κ3) is 2.22. The van der Waals surface area contributed by atoms with Crippen LogP contribution in [0.4, 0.5) is 0 Å². The molecule has 0 unspecified atom stereocenters. The molecule has 0 spiro atoms. The van der Waals surface area contributed by atoms with Gasteiger partial charge in [0, 0.05) is 0 Å². The van der Waals surface area contributed by atoms with Crippen LogP contribution in [0.3, 0.4) is 0 Å². The zero-order valence-corrected chi connectivity index (χ0v) is 10.3. The van der Waals surface area contributed by atoms with Gasteiger partial charge < -0.3 is 10.3 Å². The van der Waals surface area contributed by atoms with Crippen LogP contribution in [-0.4, -0.2) is 10.1 Å². The van der Waals surface area contributed by atoms with Gasteiger partial charge >= 0.3 is 0 Å². The minimum absolute atomic E-state index is 0.233. The van der Waals surface area contributed by atoms with Crippen LogP contribution >= 0.6 is 0 Å². The van der Waals surface area contributed by atoms with Crippen molar-refractivity contribution < 1.29 is 4.52 Å². The van der Waals surface area contributed by atoms with Crippen molar-refractivity contribution >= 4 is 0 Å². The SMILES string of the molecule is C[C@H](N)c1nc(C(C)(C)c2ccccc2)no1. The molecule has 0 aliphatic rings. The van der Waals surface area contributed by atoms with E-state index in [1.807, 2.05) is 25.1 Å². The average Bonchev–Trinajstić information content (AvgIpc) is 2.80. The highest BCUT2D eigenvalue weighted by molar-refractivity contribution is 5.30. The Labute approximate surface area is 101 Å². The fraction of sp³-hybridized carbons (Fsp3) is 0.385. The number of hydrogen-bond donors (Lipinski definition) is 1. The van der Waals surface area contributed by atoms with E-state index < -0.39 is 0 Å². The van der Waals surface area contributed by atoms with Crippen LogP contribution < -0.4 is 5.73 Å². The van der Waals surface area contributed by atoms with E-state index in [1.54, 1.807) is 0 Å². The average molecular weight is 231 g/mol. The third-order valence-corrected chi connectivity index (χ3v) is 2.89. The standard InChI is InChI=1S/C13H17N3O/c1-9(14)11-15-12(16-17-11)13(2,3)10-7-5-4-6-8-10/h4-9H,14H2,1-3H3/t9-/m0/s1. The Kier molecular flexibility index (Phi) is 2.98. The first-order valence-corrected chi connectivity index (χ1v) is 5.67. The molecule has 0 saturated heterocycles. The van der Waals surface area contributed by atoms with Gasteiger partial charge in [-0.1, -0.05) is 35.5 Å². The number of benzene rings is 1. The molecule has 2 rings (SSSR count). The molecule has 1 atom stereocenters. The van der Waals surface area contributed by atoms with E-state index in [9.17, 15) is 0 Å². The Morgan fingerprint density at radius 3 is 2.41 bits per heavy atom. The highest BCUT2D eigenvalue weighted by Gasteiger charge is 2.29. The molecular weight excluding hydrogens is 214 g/mol. The quantitative estimate of drug-likeness (QED) is 0.881. The predicted molar refractivity (Wildman–Crippen MR) is 65.5 cm³/mol. The van der Waals surface area contributed by atoms with Crippen LogP contribution in [0.25, 0.3) is 0 Å². The molecule has 1 aromatic heterocycles. The van der Waals surface area contributed by atoms with Crippen LogP contribution in [0, 0.1) is 0 Å². The van der Waals surface area contributed by atoms with Crippen LogP contribution in [0.15, 0.2) is 34.9 Å². The lowest BCUT2D eigenvalue weighted by molar-refractivity contribution is 0.351. The van der Waals surface area contributed by atoms with E-state index in [2.05, 4.69) is 36.1 Å². The van der Waals surface area contributed by atoms with Gasteiger partial charge in [0.2, 0.25) is 5.89 Å². The van der Waals surface area contributed by atoms with Crippen molar-refractivity contribution in [2.45, 2.75) is 32.2 Å². The molecular formula is C13H17N3O. The van der Waals surface area contributed by atoms with Crippen LogP contribution in [0.1, 0.15) is 44.1 Å². The zero-order valence-electron chi connectivity index (χ0n) is 10.3. The summed E-state index contributed by atoms with van der Waals surface area (Å²) in [6.07, 6.45) is 0. The Hall–Kier alpha value is -1.68. The first kappa shape index (κ1) is 11.8. The van der Waals surface area contributed by atoms with Crippen molar-refractivity contribution in [3.63, 3.8) is 0 Å². The molecule has 0 aliphatic carbocycles. The molecule has 2 N–H and O–H groups in total. The van der Waals surface area contributed by atoms with Crippen LogP contribution in [-0.2, 0) is 5.41 Å². The fourth-order valence-electron chi connectivity index (χ4n) is 1.66. The molecule has 1 aromatic carbocycles. The van der Waals surface area contributed by atoms with E-state index in [1.165, 1.54) is 0 Å². The molecule has 17 heavy (non-hydrogen) atoms. The smallest absolute Gasteiger partial charge is 0.243 e. The Bertz CT molecular complexity index is 488. The Morgan fingerprint density at radius 2 is 1.88 bits per heavy atom. The first-order chi connectivity index (χ1) is 8.01. The van der Waals surface area contributed by atoms with E-state index in [0.717, 1.165) is 5.56 Å². The summed E-state index contributed by atoms with van der Waals surface area (Å²) in [5.41, 5.74) is 6.58. The zero-order chi connectivity index (χ0) is 12.5. The maximum absolute atomic E-state index is 5.71. The van der Waals surface area contributed by atoms with Crippen molar-refractivity contribution in [3.8, 4) is 0 Å². The molecule has 0 saturated carbocycles. The second-order valence-electron chi connectivity index (χ2n) is 4.74. The summed E-state index contributed by atoms with van der Waals surface area (Å²) in [6, 6.07) is 9.88. The Balaban J connectivity index is 2.37. The highest BCUT2D eigenvalue weighted by Crippen LogP contribution is 2.29. The summed E-state index contributed by atoms with van der Waals surface area (Å²) in [5.74, 6) is 1.14. The lowest BCUT2D eigenvalue weighted by Crippen LogP contribution is -2.21. The summed E-state index contributed by atoms with van der Waals surface area (Å²) in [4.78, 5) is 4.36. The maximum Gasteiger partial charge on any atom is 0.243 e. The fourth-order valence-corrected chi connectivity index (χ4v) is 1.66. The molecule has 4 heteroatoms. The van der Waals surface area contributed by atoms with Gasteiger partial charge in [0.1, 0.15) is 0 Å². The molecule has 2 aromatic rings. The second-order valence-corrected chi connectivity index (χ2v) is 4.74. The minimum Gasteiger partial charge on any atom is -0.338 e. The van der Waals surface area contributed by atoms with E-state index >= 15 is 0 Å². The molecule has 0 amide bonds. The first-order valence-electron chi connectivity index (χ1n) is 5.67. The third-order valence-electron chi connectivity index (χ3n) is 2.89. The molecule has 0 bridgehead atoms. The van der Waals surface area contributed by atoms with Gasteiger partial charge in [-0.25, -0.2) is 0 Å². The monoisotopic (exact) mass is 231 g/mol. The van der Waals surface area contributed by atoms with Gasteiger partial charge in [-0.2, -0.15) is 4.98 Å². The predicted octanol–water partition coefficient (Wildman–Crippen LogP) is 2.42. The highest BCUT2D eigenvalue weighted by atomic mass is 16.5. The molecule has 4 nitrogen and oxygen atoms in total. The largest absolute Gasteiger partial charge is 0.338 e.